The lowest BCUT2D eigenvalue weighted by molar-refractivity contribution is -0.120. The lowest BCUT2D eigenvalue weighted by Gasteiger charge is -2.35. The van der Waals surface area contributed by atoms with Crippen LogP contribution in [0.15, 0.2) is 21.9 Å². The Labute approximate surface area is 153 Å². The fourth-order valence-corrected chi connectivity index (χ4v) is 3.95. The molecule has 1 atom stereocenters. The molecule has 25 heavy (non-hydrogen) atoms. The van der Waals surface area contributed by atoms with E-state index in [0.717, 1.165) is 29.4 Å². The van der Waals surface area contributed by atoms with Crippen molar-refractivity contribution in [2.75, 3.05) is 19.6 Å². The summed E-state index contributed by atoms with van der Waals surface area (Å²) in [5.74, 6) is 1.90. The van der Waals surface area contributed by atoms with E-state index >= 15 is 0 Å². The number of thiophene rings is 1. The highest BCUT2D eigenvalue weighted by Gasteiger charge is 2.22. The normalized spacial score (nSPS) is 18.6. The quantitative estimate of drug-likeness (QED) is 0.856. The molecule has 6 heteroatoms. The standard InChI is InChI=1S/C19H27N3O2S/c1-13(2)22-8-4-6-15(12-22)11-20-18(23)10-16-14(3)24-19(21-16)17-7-5-9-25-17/h5,7,9,13,15H,4,6,8,10-12H2,1-3H3,(H,20,23). The van der Waals surface area contributed by atoms with Crippen molar-refractivity contribution >= 4 is 17.2 Å². The zero-order valence-electron chi connectivity index (χ0n) is 15.2. The number of carbonyl (C=O) groups excluding carboxylic acids is 1. The number of nitrogens with one attached hydrogen (secondary N) is 1. The summed E-state index contributed by atoms with van der Waals surface area (Å²) < 4.78 is 5.71. The van der Waals surface area contributed by atoms with Crippen LogP contribution in [0.2, 0.25) is 0 Å². The molecule has 1 saturated heterocycles. The largest absolute Gasteiger partial charge is 0.440 e. The van der Waals surface area contributed by atoms with E-state index < -0.39 is 0 Å². The molecule has 3 rings (SSSR count). The molecule has 1 fully saturated rings. The molecule has 1 aliphatic heterocycles. The molecular formula is C19H27N3O2S. The van der Waals surface area contributed by atoms with E-state index in [1.165, 1.54) is 19.4 Å². The second-order valence-electron chi connectivity index (χ2n) is 7.08. The van der Waals surface area contributed by atoms with Crippen molar-refractivity contribution in [1.29, 1.82) is 0 Å². The Morgan fingerprint density at radius 2 is 2.36 bits per heavy atom. The van der Waals surface area contributed by atoms with Gasteiger partial charge in [-0.15, -0.1) is 11.3 Å². The number of hydrogen-bond donors (Lipinski definition) is 1. The number of aryl methyl sites for hydroxylation is 1. The maximum Gasteiger partial charge on any atom is 0.236 e. The van der Waals surface area contributed by atoms with Crippen LogP contribution in [0.3, 0.4) is 0 Å². The second kappa shape index (κ2) is 8.15. The Morgan fingerprint density at radius 1 is 1.52 bits per heavy atom. The van der Waals surface area contributed by atoms with E-state index in [1.807, 2.05) is 24.4 Å². The van der Waals surface area contributed by atoms with Crippen molar-refractivity contribution < 1.29 is 9.21 Å². The summed E-state index contributed by atoms with van der Waals surface area (Å²) in [7, 11) is 0. The number of nitrogens with zero attached hydrogens (tertiary/aromatic N) is 2. The third-order valence-electron chi connectivity index (χ3n) is 4.82. The lowest BCUT2D eigenvalue weighted by atomic mass is 9.97. The molecule has 1 unspecified atom stereocenters. The molecule has 5 nitrogen and oxygen atoms in total. The second-order valence-corrected chi connectivity index (χ2v) is 8.02. The summed E-state index contributed by atoms with van der Waals surface area (Å²) in [5.41, 5.74) is 0.730. The van der Waals surface area contributed by atoms with Gasteiger partial charge in [0.1, 0.15) is 5.76 Å². The third kappa shape index (κ3) is 4.70. The van der Waals surface area contributed by atoms with Gasteiger partial charge in [0.05, 0.1) is 17.0 Å². The van der Waals surface area contributed by atoms with Gasteiger partial charge in [0.25, 0.3) is 0 Å². The number of carbonyl (C=O) groups is 1. The van der Waals surface area contributed by atoms with Gasteiger partial charge >= 0.3 is 0 Å². The topological polar surface area (TPSA) is 58.4 Å². The Kier molecular flexibility index (Phi) is 5.91. The van der Waals surface area contributed by atoms with E-state index in [4.69, 9.17) is 4.42 Å². The molecule has 3 heterocycles. The van der Waals surface area contributed by atoms with E-state index in [1.54, 1.807) is 11.3 Å². The van der Waals surface area contributed by atoms with Gasteiger partial charge in [0.2, 0.25) is 11.8 Å². The summed E-state index contributed by atoms with van der Waals surface area (Å²) in [6.45, 7) is 9.33. The number of likely N-dealkylation sites (tertiary alicyclic amines) is 1. The lowest BCUT2D eigenvalue weighted by Crippen LogP contribution is -2.44. The molecule has 1 amide bonds. The Balaban J connectivity index is 1.51. The first-order valence-electron chi connectivity index (χ1n) is 9.04. The minimum atomic E-state index is 0.0239. The van der Waals surface area contributed by atoms with Gasteiger partial charge in [-0.25, -0.2) is 4.98 Å². The Bertz CT molecular complexity index is 694. The summed E-state index contributed by atoms with van der Waals surface area (Å²) in [6, 6.07) is 4.52. The summed E-state index contributed by atoms with van der Waals surface area (Å²) in [6.07, 6.45) is 2.68. The van der Waals surface area contributed by atoms with Gasteiger partial charge in [-0.3, -0.25) is 4.79 Å². The minimum Gasteiger partial charge on any atom is -0.440 e. The number of piperidine rings is 1. The van der Waals surface area contributed by atoms with E-state index in [-0.39, 0.29) is 12.3 Å². The molecule has 136 valence electrons. The molecule has 0 saturated carbocycles. The molecule has 0 bridgehead atoms. The average Bonchev–Trinajstić information content (AvgIpc) is 3.24. The van der Waals surface area contributed by atoms with Crippen molar-refractivity contribution in [1.82, 2.24) is 15.2 Å². The van der Waals surface area contributed by atoms with Crippen LogP contribution in [-0.4, -0.2) is 41.5 Å². The molecule has 2 aromatic heterocycles. The number of rotatable bonds is 6. The molecule has 1 aliphatic rings. The monoisotopic (exact) mass is 361 g/mol. The molecule has 1 N–H and O–H groups in total. The van der Waals surface area contributed by atoms with Crippen LogP contribution >= 0.6 is 11.3 Å². The minimum absolute atomic E-state index is 0.0239. The zero-order chi connectivity index (χ0) is 17.8. The van der Waals surface area contributed by atoms with Crippen molar-refractivity contribution in [3.05, 3.63) is 29.0 Å². The maximum atomic E-state index is 12.3. The van der Waals surface area contributed by atoms with Crippen LogP contribution in [0.25, 0.3) is 10.8 Å². The highest BCUT2D eigenvalue weighted by atomic mass is 32.1. The SMILES string of the molecule is Cc1oc(-c2cccs2)nc1CC(=O)NCC1CCCN(C(C)C)C1. The summed E-state index contributed by atoms with van der Waals surface area (Å²) in [4.78, 5) is 20.3. The summed E-state index contributed by atoms with van der Waals surface area (Å²) in [5, 5.41) is 5.08. The number of hydrogen-bond acceptors (Lipinski definition) is 5. The van der Waals surface area contributed by atoms with Crippen LogP contribution in [0.1, 0.15) is 38.1 Å². The maximum absolute atomic E-state index is 12.3. The Morgan fingerprint density at radius 3 is 3.08 bits per heavy atom. The van der Waals surface area contributed by atoms with Crippen molar-refractivity contribution in [3.8, 4) is 10.8 Å². The highest BCUT2D eigenvalue weighted by molar-refractivity contribution is 7.13. The van der Waals surface area contributed by atoms with Gasteiger partial charge in [-0.05, 0) is 57.5 Å². The molecular weight excluding hydrogens is 334 g/mol. The van der Waals surface area contributed by atoms with Crippen molar-refractivity contribution in [2.24, 2.45) is 5.92 Å². The smallest absolute Gasteiger partial charge is 0.236 e. The van der Waals surface area contributed by atoms with E-state index in [2.05, 4.69) is 29.0 Å². The van der Waals surface area contributed by atoms with Gasteiger partial charge in [0.15, 0.2) is 0 Å². The molecule has 2 aromatic rings. The number of amides is 1. The van der Waals surface area contributed by atoms with Crippen LogP contribution in [-0.2, 0) is 11.2 Å². The van der Waals surface area contributed by atoms with E-state index in [0.29, 0.717) is 17.9 Å². The Hall–Kier alpha value is -1.66. The fourth-order valence-electron chi connectivity index (χ4n) is 3.30. The first-order valence-corrected chi connectivity index (χ1v) is 9.92. The van der Waals surface area contributed by atoms with Gasteiger partial charge < -0.3 is 14.6 Å². The van der Waals surface area contributed by atoms with Crippen molar-refractivity contribution in [3.63, 3.8) is 0 Å². The van der Waals surface area contributed by atoms with Crippen LogP contribution in [0, 0.1) is 12.8 Å². The van der Waals surface area contributed by atoms with Crippen LogP contribution < -0.4 is 5.32 Å². The molecule has 0 spiro atoms. The summed E-state index contributed by atoms with van der Waals surface area (Å²) >= 11 is 1.59. The molecule has 0 aromatic carbocycles. The molecule has 0 radical (unpaired) electrons. The predicted molar refractivity (Wildman–Crippen MR) is 101 cm³/mol. The number of aromatic nitrogens is 1. The van der Waals surface area contributed by atoms with Crippen molar-refractivity contribution in [2.45, 2.75) is 46.1 Å². The first-order chi connectivity index (χ1) is 12.0. The number of oxazole rings is 1. The van der Waals surface area contributed by atoms with Gasteiger partial charge in [-0.1, -0.05) is 6.07 Å². The first kappa shape index (κ1) is 18.1. The highest BCUT2D eigenvalue weighted by Crippen LogP contribution is 2.26. The van der Waals surface area contributed by atoms with Crippen LogP contribution in [0.5, 0.6) is 0 Å². The fraction of sp³-hybridized carbons (Fsp3) is 0.579. The van der Waals surface area contributed by atoms with E-state index in [9.17, 15) is 4.79 Å². The molecule has 0 aliphatic carbocycles. The third-order valence-corrected chi connectivity index (χ3v) is 5.68. The van der Waals surface area contributed by atoms with Gasteiger partial charge in [-0.2, -0.15) is 0 Å². The average molecular weight is 362 g/mol. The van der Waals surface area contributed by atoms with Crippen LogP contribution in [0.4, 0.5) is 0 Å². The zero-order valence-corrected chi connectivity index (χ0v) is 16.1. The predicted octanol–water partition coefficient (Wildman–Crippen LogP) is 3.49. The van der Waals surface area contributed by atoms with Gasteiger partial charge in [0, 0.05) is 19.1 Å².